The van der Waals surface area contributed by atoms with E-state index >= 15 is 4.39 Å². The van der Waals surface area contributed by atoms with Crippen LogP contribution in [0.2, 0.25) is 0 Å². The summed E-state index contributed by atoms with van der Waals surface area (Å²) in [5.74, 6) is -1.86. The number of rotatable bonds is 3. The van der Waals surface area contributed by atoms with Gasteiger partial charge in [-0.1, -0.05) is 12.1 Å². The summed E-state index contributed by atoms with van der Waals surface area (Å²) in [6.07, 6.45) is -4.75. The number of nitrogens with zero attached hydrogens (tertiary/aromatic N) is 3. The second-order valence-electron chi connectivity index (χ2n) is 6.66. The number of nitrogens with two attached hydrogens (primary N) is 1. The van der Waals surface area contributed by atoms with E-state index in [4.69, 9.17) is 5.73 Å². The maximum Gasteiger partial charge on any atom is 0.433 e. The minimum absolute atomic E-state index is 0.227. The number of amides is 1. The lowest BCUT2D eigenvalue weighted by Crippen LogP contribution is -2.42. The van der Waals surface area contributed by atoms with E-state index in [9.17, 15) is 18.0 Å². The fraction of sp³-hybridized carbons (Fsp3) is 0.150. The molecule has 0 fully saturated rings. The van der Waals surface area contributed by atoms with Crippen LogP contribution in [0, 0.1) is 5.82 Å². The third-order valence-electron chi connectivity index (χ3n) is 4.86. The molecule has 1 atom stereocenters. The normalized spacial score (nSPS) is 19.3. The van der Waals surface area contributed by atoms with Crippen molar-refractivity contribution in [1.29, 1.82) is 0 Å². The van der Waals surface area contributed by atoms with Gasteiger partial charge < -0.3 is 5.73 Å². The van der Waals surface area contributed by atoms with Gasteiger partial charge in [-0.25, -0.2) is 14.4 Å². The van der Waals surface area contributed by atoms with Crippen LogP contribution in [0.1, 0.15) is 17.0 Å². The first-order valence-corrected chi connectivity index (χ1v) is 9.59. The molecule has 0 spiro atoms. The summed E-state index contributed by atoms with van der Waals surface area (Å²) in [7, 11) is 1.32. The van der Waals surface area contributed by atoms with Crippen LogP contribution in [0.4, 0.5) is 17.6 Å². The predicted octanol–water partition coefficient (Wildman–Crippen LogP) is 4.00. The highest BCUT2D eigenvalue weighted by atomic mass is 32.1. The van der Waals surface area contributed by atoms with Crippen LogP contribution in [0.5, 0.6) is 0 Å². The molecule has 4 rings (SSSR count). The lowest BCUT2D eigenvalue weighted by molar-refractivity contribution is -0.141. The van der Waals surface area contributed by atoms with E-state index < -0.39 is 29.1 Å². The molecule has 3 aromatic rings. The van der Waals surface area contributed by atoms with E-state index in [0.29, 0.717) is 5.56 Å². The van der Waals surface area contributed by atoms with Crippen molar-refractivity contribution in [2.45, 2.75) is 11.7 Å². The van der Waals surface area contributed by atoms with E-state index in [-0.39, 0.29) is 17.2 Å². The van der Waals surface area contributed by atoms with Crippen molar-refractivity contribution in [3.8, 4) is 11.1 Å². The number of hydrogen-bond donors (Lipinski definition) is 1. The Labute approximate surface area is 172 Å². The van der Waals surface area contributed by atoms with E-state index in [2.05, 4.69) is 9.98 Å². The number of carbonyl (C=O) groups is 1. The molecular formula is C20H14F4N4OS. The summed E-state index contributed by atoms with van der Waals surface area (Å²) in [5.41, 5.74) is 3.18. The zero-order valence-electron chi connectivity index (χ0n) is 15.4. The Morgan fingerprint density at radius 2 is 1.90 bits per heavy atom. The summed E-state index contributed by atoms with van der Waals surface area (Å²) in [6, 6.07) is 8.94. The number of guanidine groups is 1. The highest BCUT2D eigenvalue weighted by Gasteiger charge is 2.53. The minimum Gasteiger partial charge on any atom is -0.369 e. The first-order chi connectivity index (χ1) is 14.1. The smallest absolute Gasteiger partial charge is 0.369 e. The molecule has 0 saturated heterocycles. The molecule has 2 aromatic heterocycles. The molecule has 0 radical (unpaired) electrons. The summed E-state index contributed by atoms with van der Waals surface area (Å²) >= 11 is 1.42. The predicted molar refractivity (Wildman–Crippen MR) is 104 cm³/mol. The quantitative estimate of drug-likeness (QED) is 0.634. The number of carbonyl (C=O) groups excluding carboxylic acids is 1. The van der Waals surface area contributed by atoms with Crippen LogP contribution in [-0.2, 0) is 16.5 Å². The molecule has 0 aliphatic carbocycles. The van der Waals surface area contributed by atoms with Crippen LogP contribution >= 0.6 is 11.3 Å². The fourth-order valence-electron chi connectivity index (χ4n) is 3.33. The molecule has 30 heavy (non-hydrogen) atoms. The Kier molecular flexibility index (Phi) is 4.61. The maximum atomic E-state index is 15.0. The third-order valence-corrected chi connectivity index (χ3v) is 5.54. The third kappa shape index (κ3) is 3.04. The molecule has 2 N–H and O–H groups in total. The fourth-order valence-corrected chi connectivity index (χ4v) is 3.99. The maximum absolute atomic E-state index is 15.0. The van der Waals surface area contributed by atoms with E-state index in [1.54, 1.807) is 6.07 Å². The van der Waals surface area contributed by atoms with Crippen LogP contribution in [0.25, 0.3) is 11.1 Å². The Hall–Kier alpha value is -3.27. The summed E-state index contributed by atoms with van der Waals surface area (Å²) in [5, 5.41) is 3.65. The van der Waals surface area contributed by atoms with E-state index in [1.807, 2.05) is 10.8 Å². The van der Waals surface area contributed by atoms with Gasteiger partial charge in [0.05, 0.1) is 5.69 Å². The van der Waals surface area contributed by atoms with Gasteiger partial charge in [0.15, 0.2) is 5.96 Å². The molecular weight excluding hydrogens is 420 g/mol. The Morgan fingerprint density at radius 3 is 2.50 bits per heavy atom. The van der Waals surface area contributed by atoms with Gasteiger partial charge in [-0.15, -0.1) is 0 Å². The number of likely N-dealkylation sites (N-methyl/N-ethyl adjacent to an activating group) is 1. The van der Waals surface area contributed by atoms with Crippen LogP contribution in [-0.4, -0.2) is 28.8 Å². The molecule has 0 saturated carbocycles. The van der Waals surface area contributed by atoms with Crippen molar-refractivity contribution in [3.05, 3.63) is 76.0 Å². The Morgan fingerprint density at radius 1 is 1.13 bits per heavy atom. The lowest BCUT2D eigenvalue weighted by atomic mass is 9.84. The zero-order valence-corrected chi connectivity index (χ0v) is 16.3. The lowest BCUT2D eigenvalue weighted by Gasteiger charge is -2.26. The number of aromatic nitrogens is 1. The van der Waals surface area contributed by atoms with Crippen molar-refractivity contribution in [1.82, 2.24) is 9.88 Å². The monoisotopic (exact) mass is 434 g/mol. The number of halogens is 4. The molecule has 1 amide bonds. The number of benzene rings is 1. The molecule has 154 valence electrons. The molecule has 10 heteroatoms. The molecule has 5 nitrogen and oxygen atoms in total. The van der Waals surface area contributed by atoms with Gasteiger partial charge >= 0.3 is 6.18 Å². The number of aliphatic imine (C=N–C) groups is 1. The average molecular weight is 434 g/mol. The van der Waals surface area contributed by atoms with Gasteiger partial charge in [0.25, 0.3) is 5.91 Å². The SMILES string of the molecule is CN1C(=O)C(c2cccc(C(F)(F)F)n2)(c2cc(-c3ccsc3)ccc2F)N=C1N. The van der Waals surface area contributed by atoms with Crippen molar-refractivity contribution >= 4 is 23.2 Å². The molecule has 1 aromatic carbocycles. The van der Waals surface area contributed by atoms with Gasteiger partial charge in [0, 0.05) is 12.6 Å². The van der Waals surface area contributed by atoms with Crippen molar-refractivity contribution in [2.75, 3.05) is 7.05 Å². The van der Waals surface area contributed by atoms with Crippen LogP contribution < -0.4 is 5.73 Å². The van der Waals surface area contributed by atoms with E-state index in [0.717, 1.165) is 28.7 Å². The number of thiophene rings is 1. The summed E-state index contributed by atoms with van der Waals surface area (Å²) in [6.45, 7) is 0. The minimum atomic E-state index is -4.75. The molecule has 1 aliphatic rings. The zero-order chi connectivity index (χ0) is 21.7. The summed E-state index contributed by atoms with van der Waals surface area (Å²) < 4.78 is 54.8. The standard InChI is InChI=1S/C20H14F4N4OS/c1-28-17(29)19(27-18(28)25,15-3-2-4-16(26-15)20(22,23)24)13-9-11(5-6-14(13)21)12-7-8-30-10-12/h2-10H,1H3,(H2,25,27). The topological polar surface area (TPSA) is 71.6 Å². The van der Waals surface area contributed by atoms with Gasteiger partial charge in [0.2, 0.25) is 5.54 Å². The van der Waals surface area contributed by atoms with Gasteiger partial charge in [-0.05, 0) is 52.2 Å². The Bertz CT molecular complexity index is 1160. The average Bonchev–Trinajstić information content (AvgIpc) is 3.32. The van der Waals surface area contributed by atoms with E-state index in [1.165, 1.54) is 36.6 Å². The summed E-state index contributed by atoms with van der Waals surface area (Å²) in [4.78, 5) is 21.9. The number of alkyl halides is 3. The number of pyridine rings is 1. The first kappa shape index (κ1) is 20.0. The number of hydrogen-bond acceptors (Lipinski definition) is 5. The van der Waals surface area contributed by atoms with Gasteiger partial charge in [-0.3, -0.25) is 9.69 Å². The van der Waals surface area contributed by atoms with Crippen LogP contribution in [0.15, 0.2) is 58.2 Å². The van der Waals surface area contributed by atoms with Gasteiger partial charge in [0.1, 0.15) is 11.5 Å². The molecule has 3 heterocycles. The van der Waals surface area contributed by atoms with Crippen LogP contribution in [0.3, 0.4) is 0 Å². The highest BCUT2D eigenvalue weighted by molar-refractivity contribution is 7.08. The van der Waals surface area contributed by atoms with Gasteiger partial charge in [-0.2, -0.15) is 24.5 Å². The van der Waals surface area contributed by atoms with Crippen molar-refractivity contribution < 1.29 is 22.4 Å². The largest absolute Gasteiger partial charge is 0.433 e. The molecule has 1 aliphatic heterocycles. The van der Waals surface area contributed by atoms with Crippen molar-refractivity contribution in [3.63, 3.8) is 0 Å². The second-order valence-corrected chi connectivity index (χ2v) is 7.44. The Balaban J connectivity index is 2.01. The molecule has 0 bridgehead atoms. The highest BCUT2D eigenvalue weighted by Crippen LogP contribution is 2.42. The first-order valence-electron chi connectivity index (χ1n) is 8.65. The molecule has 1 unspecified atom stereocenters. The van der Waals surface area contributed by atoms with Crippen molar-refractivity contribution in [2.24, 2.45) is 10.7 Å². The second kappa shape index (κ2) is 6.91.